The molecule has 0 spiro atoms. The lowest BCUT2D eigenvalue weighted by molar-refractivity contribution is -0.194. The van der Waals surface area contributed by atoms with Crippen LogP contribution in [0.25, 0.3) is 0 Å². The number of alkyl halides is 4. The molecule has 1 rings (SSSR count). The largest absolute Gasteiger partial charge is 0.391 e. The van der Waals surface area contributed by atoms with E-state index >= 15 is 0 Å². The molecule has 1 heterocycles. The molecule has 1 N–H and O–H groups in total. The van der Waals surface area contributed by atoms with Gasteiger partial charge in [-0.1, -0.05) is 0 Å². The van der Waals surface area contributed by atoms with Crippen LogP contribution in [-0.4, -0.2) is 36.3 Å². The predicted molar refractivity (Wildman–Crippen MR) is 35.9 cm³/mol. The number of hydrogen-bond acceptors (Lipinski definition) is 2. The molecule has 13 heavy (non-hydrogen) atoms. The van der Waals surface area contributed by atoms with Crippen LogP contribution in [-0.2, 0) is 4.74 Å². The minimum absolute atomic E-state index is 0.0461. The van der Waals surface area contributed by atoms with Gasteiger partial charge in [0.25, 0.3) is 0 Å². The molecule has 0 bridgehead atoms. The van der Waals surface area contributed by atoms with Crippen LogP contribution < -0.4 is 0 Å². The van der Waals surface area contributed by atoms with Crippen molar-refractivity contribution in [1.82, 2.24) is 0 Å². The third kappa shape index (κ3) is 3.11. The maximum atomic E-state index is 12.7. The predicted octanol–water partition coefficient (Wildman–Crippen LogP) is 1.43. The van der Waals surface area contributed by atoms with Crippen molar-refractivity contribution in [2.45, 2.75) is 37.4 Å². The van der Waals surface area contributed by atoms with Gasteiger partial charge in [0, 0.05) is 13.0 Å². The van der Waals surface area contributed by atoms with Gasteiger partial charge < -0.3 is 9.84 Å². The zero-order valence-electron chi connectivity index (χ0n) is 6.72. The maximum absolute atomic E-state index is 12.7. The summed E-state index contributed by atoms with van der Waals surface area (Å²) in [7, 11) is 0. The van der Waals surface area contributed by atoms with Crippen molar-refractivity contribution in [3.8, 4) is 0 Å². The molecule has 1 saturated heterocycles. The van der Waals surface area contributed by atoms with Gasteiger partial charge in [-0.05, 0) is 0 Å². The molecule has 0 aromatic carbocycles. The lowest BCUT2D eigenvalue weighted by Gasteiger charge is -2.31. The third-order valence-corrected chi connectivity index (χ3v) is 1.91. The van der Waals surface area contributed by atoms with E-state index in [0.29, 0.717) is 0 Å². The second kappa shape index (κ2) is 3.79. The van der Waals surface area contributed by atoms with Crippen LogP contribution in [0.3, 0.4) is 0 Å². The van der Waals surface area contributed by atoms with E-state index in [4.69, 9.17) is 5.11 Å². The summed E-state index contributed by atoms with van der Waals surface area (Å²) in [6, 6.07) is 0. The van der Waals surface area contributed by atoms with E-state index in [2.05, 4.69) is 4.74 Å². The van der Waals surface area contributed by atoms with E-state index in [1.54, 1.807) is 0 Å². The number of hydrogen-bond donors (Lipinski definition) is 1. The van der Waals surface area contributed by atoms with E-state index < -0.39 is 31.0 Å². The van der Waals surface area contributed by atoms with E-state index in [9.17, 15) is 17.6 Å². The summed E-state index contributed by atoms with van der Waals surface area (Å²) in [5, 5.41) is 9.00. The van der Waals surface area contributed by atoms with E-state index in [-0.39, 0.29) is 13.0 Å². The molecule has 0 saturated carbocycles. The van der Waals surface area contributed by atoms with Crippen LogP contribution in [0.5, 0.6) is 0 Å². The van der Waals surface area contributed by atoms with E-state index in [1.807, 2.05) is 0 Å². The highest BCUT2D eigenvalue weighted by Crippen LogP contribution is 2.28. The van der Waals surface area contributed by atoms with E-state index in [0.717, 1.165) is 0 Å². The molecular formula is C7H10F4O2. The van der Waals surface area contributed by atoms with Gasteiger partial charge in [0.2, 0.25) is 0 Å². The monoisotopic (exact) mass is 202 g/mol. The third-order valence-electron chi connectivity index (χ3n) is 1.91. The topological polar surface area (TPSA) is 29.5 Å². The molecule has 0 amide bonds. The van der Waals surface area contributed by atoms with Gasteiger partial charge in [-0.3, -0.25) is 0 Å². The summed E-state index contributed by atoms with van der Waals surface area (Å²) in [6.07, 6.45) is -10.5. The van der Waals surface area contributed by atoms with Crippen LogP contribution in [0.15, 0.2) is 0 Å². The van der Waals surface area contributed by atoms with Gasteiger partial charge in [-0.25, -0.2) is 4.39 Å². The number of aliphatic hydroxyl groups is 1. The van der Waals surface area contributed by atoms with Crippen LogP contribution in [0.2, 0.25) is 0 Å². The van der Waals surface area contributed by atoms with Crippen LogP contribution >= 0.6 is 0 Å². The lowest BCUT2D eigenvalue weighted by Crippen LogP contribution is -2.44. The first-order valence-electron chi connectivity index (χ1n) is 3.90. The molecular weight excluding hydrogens is 192 g/mol. The fourth-order valence-corrected chi connectivity index (χ4v) is 1.24. The van der Waals surface area contributed by atoms with Crippen molar-refractivity contribution in [3.05, 3.63) is 0 Å². The smallest absolute Gasteiger partial charge is 0.387 e. The summed E-state index contributed by atoms with van der Waals surface area (Å²) in [5.41, 5.74) is 0. The zero-order valence-corrected chi connectivity index (χ0v) is 6.72. The molecule has 1 aliphatic heterocycles. The quantitative estimate of drug-likeness (QED) is 0.652. The summed E-state index contributed by atoms with van der Waals surface area (Å²) < 4.78 is 52.8. The normalized spacial score (nSPS) is 36.2. The average molecular weight is 202 g/mol. The summed E-state index contributed by atoms with van der Waals surface area (Å²) in [6.45, 7) is -0.0705. The zero-order chi connectivity index (χ0) is 10.1. The SMILES string of the molecule is OC1C(F)CCOC1CC(F)(F)F. The van der Waals surface area contributed by atoms with Crippen LogP contribution in [0, 0.1) is 0 Å². The Bertz CT molecular complexity index is 170. The second-order valence-electron chi connectivity index (χ2n) is 3.02. The Morgan fingerprint density at radius 3 is 2.54 bits per heavy atom. The Labute approximate surface area is 72.5 Å². The molecule has 3 unspecified atom stereocenters. The molecule has 1 fully saturated rings. The minimum atomic E-state index is -4.43. The number of rotatable bonds is 1. The van der Waals surface area contributed by atoms with Gasteiger partial charge in [0.05, 0.1) is 12.5 Å². The molecule has 1 aliphatic rings. The molecule has 3 atom stereocenters. The number of halogens is 4. The summed E-state index contributed by atoms with van der Waals surface area (Å²) in [5.74, 6) is 0. The van der Waals surface area contributed by atoms with Crippen molar-refractivity contribution in [2.75, 3.05) is 6.61 Å². The van der Waals surface area contributed by atoms with E-state index in [1.165, 1.54) is 0 Å². The lowest BCUT2D eigenvalue weighted by atomic mass is 10.0. The first kappa shape index (κ1) is 10.7. The molecule has 6 heteroatoms. The Morgan fingerprint density at radius 2 is 2.00 bits per heavy atom. The van der Waals surface area contributed by atoms with Gasteiger partial charge in [0.15, 0.2) is 0 Å². The minimum Gasteiger partial charge on any atom is -0.387 e. The first-order chi connectivity index (χ1) is 5.90. The van der Waals surface area contributed by atoms with Gasteiger partial charge in [-0.2, -0.15) is 13.2 Å². The van der Waals surface area contributed by atoms with Gasteiger partial charge in [0.1, 0.15) is 12.3 Å². The Kier molecular flexibility index (Phi) is 3.13. The maximum Gasteiger partial charge on any atom is 0.391 e. The highest BCUT2D eigenvalue weighted by molar-refractivity contribution is 4.82. The van der Waals surface area contributed by atoms with Crippen molar-refractivity contribution >= 4 is 0 Å². The second-order valence-corrected chi connectivity index (χ2v) is 3.02. The Morgan fingerprint density at radius 1 is 1.38 bits per heavy atom. The molecule has 0 aromatic heterocycles. The van der Waals surface area contributed by atoms with Crippen molar-refractivity contribution in [3.63, 3.8) is 0 Å². The van der Waals surface area contributed by atoms with Crippen molar-refractivity contribution in [1.29, 1.82) is 0 Å². The fourth-order valence-electron chi connectivity index (χ4n) is 1.24. The standard InChI is InChI=1S/C7H10F4O2/c8-4-1-2-13-5(6(4)12)3-7(9,10)11/h4-6,12H,1-3H2. The van der Waals surface area contributed by atoms with Crippen LogP contribution in [0.1, 0.15) is 12.8 Å². The number of ether oxygens (including phenoxy) is 1. The van der Waals surface area contributed by atoms with Gasteiger partial charge in [-0.15, -0.1) is 0 Å². The molecule has 0 radical (unpaired) electrons. The fraction of sp³-hybridized carbons (Fsp3) is 1.00. The first-order valence-corrected chi connectivity index (χ1v) is 3.90. The van der Waals surface area contributed by atoms with Crippen LogP contribution in [0.4, 0.5) is 17.6 Å². The van der Waals surface area contributed by atoms with Crippen molar-refractivity contribution < 1.29 is 27.4 Å². The summed E-state index contributed by atoms with van der Waals surface area (Å²) in [4.78, 5) is 0. The van der Waals surface area contributed by atoms with Crippen molar-refractivity contribution in [2.24, 2.45) is 0 Å². The summed E-state index contributed by atoms with van der Waals surface area (Å²) >= 11 is 0. The molecule has 78 valence electrons. The Hall–Kier alpha value is -0.360. The highest BCUT2D eigenvalue weighted by atomic mass is 19.4. The number of aliphatic hydroxyl groups excluding tert-OH is 1. The van der Waals surface area contributed by atoms with Gasteiger partial charge >= 0.3 is 6.18 Å². The molecule has 0 aromatic rings. The highest BCUT2D eigenvalue weighted by Gasteiger charge is 2.40. The molecule has 0 aliphatic carbocycles. The Balaban J connectivity index is 2.49. The average Bonchev–Trinajstić information content (AvgIpc) is 1.96. The molecule has 2 nitrogen and oxygen atoms in total.